The van der Waals surface area contributed by atoms with Crippen LogP contribution in [0.3, 0.4) is 0 Å². The number of nitrogens with one attached hydrogen (secondary N) is 4. The van der Waals surface area contributed by atoms with E-state index < -0.39 is 6.04 Å². The van der Waals surface area contributed by atoms with Crippen LogP contribution in [0, 0.1) is 0 Å². The third-order valence-electron chi connectivity index (χ3n) is 3.23. The van der Waals surface area contributed by atoms with Crippen LogP contribution in [-0.4, -0.2) is 48.8 Å². The molecule has 144 valence electrons. The summed E-state index contributed by atoms with van der Waals surface area (Å²) in [5.41, 5.74) is 0.694. The summed E-state index contributed by atoms with van der Waals surface area (Å²) in [4.78, 5) is 24.6. The van der Waals surface area contributed by atoms with Crippen LogP contribution in [0.5, 0.6) is 0 Å². The van der Waals surface area contributed by atoms with Gasteiger partial charge in [-0.05, 0) is 5.56 Å². The molecule has 1 aromatic heterocycles. The van der Waals surface area contributed by atoms with E-state index in [4.69, 9.17) is 4.74 Å². The van der Waals surface area contributed by atoms with Gasteiger partial charge in [-0.1, -0.05) is 30.3 Å². The van der Waals surface area contributed by atoms with Crippen LogP contribution in [0.25, 0.3) is 0 Å². The molecule has 2 rings (SSSR count). The van der Waals surface area contributed by atoms with Gasteiger partial charge < -0.3 is 20.7 Å². The van der Waals surface area contributed by atoms with Gasteiger partial charge in [0.1, 0.15) is 11.9 Å². The summed E-state index contributed by atoms with van der Waals surface area (Å²) in [5, 5.41) is 14.8. The lowest BCUT2D eigenvalue weighted by atomic mass is 10.1. The van der Waals surface area contributed by atoms with E-state index in [1.165, 1.54) is 6.20 Å². The summed E-state index contributed by atoms with van der Waals surface area (Å²) in [6, 6.07) is 9.89. The lowest BCUT2D eigenvalue weighted by molar-refractivity contribution is -0.126. The normalized spacial score (nSPS) is 10.8. The van der Waals surface area contributed by atoms with E-state index in [1.807, 2.05) is 18.2 Å². The zero-order valence-electron chi connectivity index (χ0n) is 14.2. The van der Waals surface area contributed by atoms with Crippen molar-refractivity contribution in [2.24, 2.45) is 0 Å². The average molecular weight is 404 g/mol. The first-order valence-corrected chi connectivity index (χ1v) is 7.55. The molecule has 0 bridgehead atoms. The predicted octanol–water partition coefficient (Wildman–Crippen LogP) is 1.29. The van der Waals surface area contributed by atoms with Crippen molar-refractivity contribution in [3.05, 3.63) is 48.2 Å². The van der Waals surface area contributed by atoms with Crippen LogP contribution in [0.15, 0.2) is 42.6 Å². The number of anilines is 1. The van der Waals surface area contributed by atoms with Crippen molar-refractivity contribution < 1.29 is 14.3 Å². The molecule has 0 aliphatic heterocycles. The molecule has 2 aromatic rings. The van der Waals surface area contributed by atoms with E-state index in [0.717, 1.165) is 0 Å². The molecule has 0 saturated carbocycles. The third-order valence-corrected chi connectivity index (χ3v) is 3.23. The number of methoxy groups -OCH3 is 1. The molecule has 0 aliphatic carbocycles. The molecule has 10 heteroatoms. The Morgan fingerprint density at radius 3 is 2.54 bits per heavy atom. The predicted molar refractivity (Wildman–Crippen MR) is 104 cm³/mol. The number of aromatic amines is 1. The maximum absolute atomic E-state index is 12.5. The quantitative estimate of drug-likeness (QED) is 0.471. The van der Waals surface area contributed by atoms with Gasteiger partial charge in [-0.3, -0.25) is 14.7 Å². The first kappa shape index (κ1) is 23.9. The van der Waals surface area contributed by atoms with Crippen LogP contribution < -0.4 is 16.0 Å². The Morgan fingerprint density at radius 2 is 1.92 bits per heavy atom. The second kappa shape index (κ2) is 13.1. The van der Waals surface area contributed by atoms with Crippen molar-refractivity contribution in [3.8, 4) is 0 Å². The second-order valence-electron chi connectivity index (χ2n) is 5.04. The number of aromatic nitrogens is 2. The number of H-pyrrole nitrogens is 1. The largest absolute Gasteiger partial charge is 0.383 e. The summed E-state index contributed by atoms with van der Waals surface area (Å²) in [5.74, 6) is -0.163. The minimum absolute atomic E-state index is 0. The molecule has 1 unspecified atom stereocenters. The van der Waals surface area contributed by atoms with Gasteiger partial charge in [0.15, 0.2) is 0 Å². The number of amides is 2. The monoisotopic (exact) mass is 403 g/mol. The van der Waals surface area contributed by atoms with Crippen molar-refractivity contribution in [1.29, 1.82) is 0 Å². The lowest BCUT2D eigenvalue weighted by Crippen LogP contribution is -2.41. The van der Waals surface area contributed by atoms with Gasteiger partial charge >= 0.3 is 0 Å². The molecule has 26 heavy (non-hydrogen) atoms. The number of carbonyl (C=O) groups excluding carboxylic acids is 2. The maximum atomic E-state index is 12.5. The van der Waals surface area contributed by atoms with Crippen molar-refractivity contribution in [2.45, 2.75) is 6.04 Å². The Hall–Kier alpha value is -2.13. The SMILES string of the molecule is COCCNCC(=O)NC(C(=O)Nc1ccn[nH]1)c1ccccc1.Cl.Cl. The van der Waals surface area contributed by atoms with E-state index >= 15 is 0 Å². The van der Waals surface area contributed by atoms with Crippen LogP contribution in [-0.2, 0) is 14.3 Å². The second-order valence-corrected chi connectivity index (χ2v) is 5.04. The fraction of sp³-hybridized carbons (Fsp3) is 0.312. The van der Waals surface area contributed by atoms with Crippen molar-refractivity contribution >= 4 is 42.4 Å². The van der Waals surface area contributed by atoms with E-state index in [9.17, 15) is 9.59 Å². The summed E-state index contributed by atoms with van der Waals surface area (Å²) in [6.07, 6.45) is 1.53. The Balaban J connectivity index is 0.00000312. The van der Waals surface area contributed by atoms with Gasteiger partial charge in [0.25, 0.3) is 5.91 Å². The molecule has 2 amide bonds. The van der Waals surface area contributed by atoms with Gasteiger partial charge in [0.05, 0.1) is 19.3 Å². The van der Waals surface area contributed by atoms with E-state index in [2.05, 4.69) is 26.1 Å². The van der Waals surface area contributed by atoms with Crippen LogP contribution in [0.4, 0.5) is 5.82 Å². The summed E-state index contributed by atoms with van der Waals surface area (Å²) < 4.78 is 4.90. The topological polar surface area (TPSA) is 108 Å². The Kier molecular flexibility index (Phi) is 12.0. The summed E-state index contributed by atoms with van der Waals surface area (Å²) >= 11 is 0. The van der Waals surface area contributed by atoms with E-state index in [0.29, 0.717) is 24.5 Å². The van der Waals surface area contributed by atoms with Gasteiger partial charge in [0, 0.05) is 19.7 Å². The highest BCUT2D eigenvalue weighted by atomic mass is 35.5. The molecule has 0 spiro atoms. The van der Waals surface area contributed by atoms with Crippen LogP contribution in [0.2, 0.25) is 0 Å². The summed E-state index contributed by atoms with van der Waals surface area (Å²) in [7, 11) is 1.59. The zero-order valence-corrected chi connectivity index (χ0v) is 15.9. The molecule has 8 nitrogen and oxygen atoms in total. The van der Waals surface area contributed by atoms with Gasteiger partial charge in [-0.15, -0.1) is 24.8 Å². The number of rotatable bonds is 9. The molecular weight excluding hydrogens is 381 g/mol. The maximum Gasteiger partial charge on any atom is 0.252 e. The number of nitrogens with zero attached hydrogens (tertiary/aromatic N) is 1. The molecule has 0 radical (unpaired) electrons. The van der Waals surface area contributed by atoms with Crippen molar-refractivity contribution in [3.63, 3.8) is 0 Å². The van der Waals surface area contributed by atoms with Crippen molar-refractivity contribution in [2.75, 3.05) is 32.1 Å². The molecule has 1 heterocycles. The van der Waals surface area contributed by atoms with E-state index in [-0.39, 0.29) is 43.2 Å². The Morgan fingerprint density at radius 1 is 1.19 bits per heavy atom. The number of benzene rings is 1. The average Bonchev–Trinajstić information content (AvgIpc) is 3.10. The fourth-order valence-electron chi connectivity index (χ4n) is 2.06. The number of hydrogen-bond donors (Lipinski definition) is 4. The Bertz CT molecular complexity index is 641. The molecule has 0 saturated heterocycles. The van der Waals surface area contributed by atoms with E-state index in [1.54, 1.807) is 25.3 Å². The Labute approximate surface area is 164 Å². The lowest BCUT2D eigenvalue weighted by Gasteiger charge is -2.18. The highest BCUT2D eigenvalue weighted by molar-refractivity contribution is 5.97. The molecule has 0 fully saturated rings. The molecule has 0 aliphatic rings. The van der Waals surface area contributed by atoms with Gasteiger partial charge in [-0.25, -0.2) is 0 Å². The highest BCUT2D eigenvalue weighted by Gasteiger charge is 2.22. The van der Waals surface area contributed by atoms with Crippen LogP contribution >= 0.6 is 24.8 Å². The standard InChI is InChI=1S/C16H21N5O3.2ClH/c1-24-10-9-17-11-14(22)20-15(12-5-3-2-4-6-12)16(23)19-13-7-8-18-21-13;;/h2-8,15,17H,9-11H2,1H3,(H,20,22)(H2,18,19,21,23);2*1H. The minimum Gasteiger partial charge on any atom is -0.383 e. The molecule has 1 aromatic carbocycles. The molecule has 1 atom stereocenters. The minimum atomic E-state index is -0.800. The number of halogens is 2. The third kappa shape index (κ3) is 7.83. The smallest absolute Gasteiger partial charge is 0.252 e. The number of hydrogen-bond acceptors (Lipinski definition) is 5. The highest BCUT2D eigenvalue weighted by Crippen LogP contribution is 2.15. The number of ether oxygens (including phenoxy) is 1. The van der Waals surface area contributed by atoms with Gasteiger partial charge in [0.2, 0.25) is 5.91 Å². The van der Waals surface area contributed by atoms with Gasteiger partial charge in [-0.2, -0.15) is 5.10 Å². The first-order valence-electron chi connectivity index (χ1n) is 7.55. The fourth-order valence-corrected chi connectivity index (χ4v) is 2.06. The van der Waals surface area contributed by atoms with Crippen LogP contribution in [0.1, 0.15) is 11.6 Å². The summed E-state index contributed by atoms with van der Waals surface area (Å²) in [6.45, 7) is 1.17. The first-order chi connectivity index (χ1) is 11.7. The molecule has 4 N–H and O–H groups in total. The number of carbonyl (C=O) groups is 2. The zero-order chi connectivity index (χ0) is 17.2. The molecular formula is C16H23Cl2N5O3. The van der Waals surface area contributed by atoms with Crippen molar-refractivity contribution in [1.82, 2.24) is 20.8 Å².